The molecule has 1 aromatic carbocycles. The Kier molecular flexibility index (Phi) is 40.3. The van der Waals surface area contributed by atoms with Crippen molar-refractivity contribution in [2.24, 2.45) is 0 Å². The first-order chi connectivity index (χ1) is 22.6. The van der Waals surface area contributed by atoms with Crippen molar-refractivity contribution >= 4 is 35.2 Å². The van der Waals surface area contributed by atoms with Crippen molar-refractivity contribution < 1.29 is 14.7 Å². The van der Waals surface area contributed by atoms with Gasteiger partial charge in [-0.2, -0.15) is 0 Å². The number of aryl methyl sites for hydroxylation is 1. The van der Waals surface area contributed by atoms with Crippen LogP contribution in [0.1, 0.15) is 131 Å². The Bertz CT molecular complexity index is 1170. The highest BCUT2D eigenvalue weighted by Gasteiger charge is 2.14. The molecule has 0 aliphatic carbocycles. The first-order valence-corrected chi connectivity index (χ1v) is 18.4. The van der Waals surface area contributed by atoms with Gasteiger partial charge in [-0.15, -0.1) is 10.2 Å². The Labute approximate surface area is 297 Å². The van der Waals surface area contributed by atoms with Gasteiger partial charge in [-0.05, 0) is 91.7 Å². The van der Waals surface area contributed by atoms with Gasteiger partial charge < -0.3 is 10.4 Å². The van der Waals surface area contributed by atoms with Crippen LogP contribution < -0.4 is 5.32 Å². The van der Waals surface area contributed by atoms with Crippen molar-refractivity contribution in [1.82, 2.24) is 20.1 Å². The molecule has 0 radical (unpaired) electrons. The van der Waals surface area contributed by atoms with Gasteiger partial charge in [0.15, 0.2) is 5.16 Å². The molecule has 7 nitrogen and oxygen atoms in total. The summed E-state index contributed by atoms with van der Waals surface area (Å²) in [6, 6.07) is 6.98. The summed E-state index contributed by atoms with van der Waals surface area (Å²) in [7, 11) is 0. The van der Waals surface area contributed by atoms with Crippen LogP contribution in [0.5, 0.6) is 0 Å². The molecule has 0 fully saturated rings. The summed E-state index contributed by atoms with van der Waals surface area (Å²) < 4.78 is 1.92. The molecule has 0 aliphatic rings. The quantitative estimate of drug-likeness (QED) is 0.170. The van der Waals surface area contributed by atoms with Gasteiger partial charge in [-0.25, -0.2) is 0 Å². The van der Waals surface area contributed by atoms with E-state index in [4.69, 9.17) is 16.7 Å². The van der Waals surface area contributed by atoms with Crippen molar-refractivity contribution in [1.29, 1.82) is 0 Å². The fourth-order valence-corrected chi connectivity index (χ4v) is 3.59. The number of unbranched alkanes of at least 4 members (excludes halogenated alkanes) is 1. The highest BCUT2D eigenvalue weighted by Crippen LogP contribution is 2.21. The molecule has 2 rings (SSSR count). The summed E-state index contributed by atoms with van der Waals surface area (Å²) in [4.78, 5) is 22.6. The minimum atomic E-state index is -1.08. The molecule has 47 heavy (non-hydrogen) atoms. The molecule has 0 saturated heterocycles. The lowest BCUT2D eigenvalue weighted by molar-refractivity contribution is -0.135. The molecule has 0 aliphatic heterocycles. The van der Waals surface area contributed by atoms with Crippen molar-refractivity contribution in [2.45, 2.75) is 127 Å². The van der Waals surface area contributed by atoms with E-state index in [0.29, 0.717) is 5.56 Å². The number of amides is 1. The van der Waals surface area contributed by atoms with Gasteiger partial charge in [-0.3, -0.25) is 14.2 Å². The lowest BCUT2D eigenvalue weighted by Gasteiger charge is -2.10. The van der Waals surface area contributed by atoms with E-state index in [1.54, 1.807) is 18.2 Å². The predicted molar refractivity (Wildman–Crippen MR) is 208 cm³/mol. The average molecular weight is 693 g/mol. The Balaban J connectivity index is -0.000000317. The monoisotopic (exact) mass is 692 g/mol. The summed E-state index contributed by atoms with van der Waals surface area (Å²) in [6.07, 6.45) is 21.1. The molecule has 0 atom stereocenters. The van der Waals surface area contributed by atoms with E-state index in [0.717, 1.165) is 34.5 Å². The summed E-state index contributed by atoms with van der Waals surface area (Å²) in [5.74, 6) is -0.673. The summed E-state index contributed by atoms with van der Waals surface area (Å²) in [5.41, 5.74) is 2.66. The van der Waals surface area contributed by atoms with Gasteiger partial charge in [0.25, 0.3) is 5.91 Å². The number of nitrogens with one attached hydrogen (secondary N) is 1. The van der Waals surface area contributed by atoms with Crippen LogP contribution in [-0.4, -0.2) is 44.5 Å². The molecule has 1 amide bonds. The second kappa shape index (κ2) is 37.4. The van der Waals surface area contributed by atoms with Crippen molar-refractivity contribution in [3.63, 3.8) is 0 Å². The number of hydrogen-bond acceptors (Lipinski definition) is 5. The van der Waals surface area contributed by atoms with Crippen molar-refractivity contribution in [3.05, 3.63) is 82.7 Å². The number of thioether (sulfide) groups is 1. The standard InChI is InChI=1S/C15H18N4O3S.C9H16.C6H12.C4H7Cl.2C2H6/c1-3-5-12-17-18-15(23-2)19(12)11-7-4-6-10(8-11)14(22)16-9-13(20)21;1-4-6-7-8-9(3)5-2;1-3-5-6-4-2;1-3-4(2)5;2*1-2/h4,6-8H,3,5,9H2,1-2H3,(H,16,22)(H,20,21);4-6H,7-8H2,1-3H3;3,5H,4,6H2,1-2H3;3H,1-2H3;2*1-2H3/b;6-4-,9-5+;5-3-;4-3+;;. The van der Waals surface area contributed by atoms with E-state index in [1.165, 1.54) is 43.0 Å². The second-order valence-electron chi connectivity index (χ2n) is 9.29. The van der Waals surface area contributed by atoms with Gasteiger partial charge in [0.2, 0.25) is 0 Å². The lowest BCUT2D eigenvalue weighted by Crippen LogP contribution is -2.29. The zero-order chi connectivity index (χ0) is 37.0. The van der Waals surface area contributed by atoms with Gasteiger partial charge in [0, 0.05) is 17.0 Å². The van der Waals surface area contributed by atoms with E-state index in [-0.39, 0.29) is 0 Å². The fraction of sp³-hybridized carbons (Fsp3) is 0.526. The maximum Gasteiger partial charge on any atom is 0.322 e. The minimum Gasteiger partial charge on any atom is -0.480 e. The molecule has 0 unspecified atom stereocenters. The average Bonchev–Trinajstić information content (AvgIpc) is 3.51. The number of rotatable bonds is 12. The molecule has 0 saturated carbocycles. The second-order valence-corrected chi connectivity index (χ2v) is 10.7. The zero-order valence-corrected chi connectivity index (χ0v) is 33.2. The van der Waals surface area contributed by atoms with Gasteiger partial charge in [0.05, 0.1) is 5.69 Å². The third-order valence-corrected chi connectivity index (χ3v) is 6.49. The Morgan fingerprint density at radius 1 is 0.936 bits per heavy atom. The summed E-state index contributed by atoms with van der Waals surface area (Å²) in [6.45, 7) is 24.0. The largest absolute Gasteiger partial charge is 0.480 e. The molecule has 1 heterocycles. The van der Waals surface area contributed by atoms with Crippen LogP contribution in [0.4, 0.5) is 0 Å². The maximum atomic E-state index is 12.0. The molecular formula is C38H65ClN4O3S. The molecule has 2 N–H and O–H groups in total. The van der Waals surface area contributed by atoms with Crippen molar-refractivity contribution in [2.75, 3.05) is 12.8 Å². The number of halogens is 1. The van der Waals surface area contributed by atoms with Gasteiger partial charge in [0.1, 0.15) is 12.4 Å². The van der Waals surface area contributed by atoms with Crippen molar-refractivity contribution in [3.8, 4) is 5.69 Å². The molecular weight excluding hydrogens is 628 g/mol. The number of carbonyl (C=O) groups excluding carboxylic acids is 1. The Morgan fingerprint density at radius 3 is 1.94 bits per heavy atom. The number of carbonyl (C=O) groups is 2. The molecule has 9 heteroatoms. The normalized spacial score (nSPS) is 10.5. The van der Waals surface area contributed by atoms with Crippen LogP contribution in [0.2, 0.25) is 0 Å². The number of carboxylic acids is 1. The number of hydrogen-bond donors (Lipinski definition) is 2. The molecule has 0 bridgehead atoms. The minimum absolute atomic E-state index is 0.395. The highest BCUT2D eigenvalue weighted by atomic mass is 35.5. The first kappa shape index (κ1) is 50.7. The molecule has 0 spiro atoms. The summed E-state index contributed by atoms with van der Waals surface area (Å²) in [5, 5.41) is 21.0. The number of benzene rings is 1. The Morgan fingerprint density at radius 2 is 1.51 bits per heavy atom. The third kappa shape index (κ3) is 28.8. The van der Waals surface area contributed by atoms with Crippen LogP contribution in [0, 0.1) is 0 Å². The maximum absolute atomic E-state index is 12.0. The number of carboxylic acid groups (broad SMARTS) is 1. The van der Waals surface area contributed by atoms with Crippen LogP contribution >= 0.6 is 23.4 Å². The van der Waals surface area contributed by atoms with Crippen LogP contribution in [0.25, 0.3) is 5.69 Å². The van der Waals surface area contributed by atoms with E-state index in [9.17, 15) is 9.59 Å². The fourth-order valence-electron chi connectivity index (χ4n) is 3.08. The zero-order valence-electron chi connectivity index (χ0n) is 31.6. The summed E-state index contributed by atoms with van der Waals surface area (Å²) >= 11 is 6.80. The van der Waals surface area contributed by atoms with Crippen LogP contribution in [0.15, 0.2) is 76.5 Å². The number of aromatic nitrogens is 3. The van der Waals surface area contributed by atoms with E-state index < -0.39 is 18.4 Å². The SMILES string of the molecule is C/C=C(\C)Cl.C/C=C\CC/C(C)=C/C.C/C=C\CCC.CC.CC.CCCc1nnc(SC)n1-c1cccc(C(=O)NCC(=O)O)c1. The molecule has 1 aromatic heterocycles. The van der Waals surface area contributed by atoms with Crippen LogP contribution in [-0.2, 0) is 11.2 Å². The van der Waals surface area contributed by atoms with Gasteiger partial charge in [-0.1, -0.05) is 119 Å². The number of nitrogens with zero attached hydrogens (tertiary/aromatic N) is 3. The van der Waals surface area contributed by atoms with E-state index >= 15 is 0 Å². The van der Waals surface area contributed by atoms with Gasteiger partial charge >= 0.3 is 5.97 Å². The number of aliphatic carboxylic acids is 1. The predicted octanol–water partition coefficient (Wildman–Crippen LogP) is 11.6. The smallest absolute Gasteiger partial charge is 0.322 e. The Hall–Kier alpha value is -3.10. The topological polar surface area (TPSA) is 97.1 Å². The molecule has 2 aromatic rings. The van der Waals surface area contributed by atoms with E-state index in [1.807, 2.05) is 64.5 Å². The lowest BCUT2D eigenvalue weighted by atomic mass is 10.1. The molecule has 268 valence electrons. The van der Waals surface area contributed by atoms with E-state index in [2.05, 4.69) is 87.4 Å². The number of allylic oxidation sites excluding steroid dienone is 8. The first-order valence-electron chi connectivity index (χ1n) is 16.8. The van der Waals surface area contributed by atoms with Crippen LogP contribution in [0.3, 0.4) is 0 Å². The highest BCUT2D eigenvalue weighted by molar-refractivity contribution is 7.98. The third-order valence-electron chi connectivity index (χ3n) is 5.65.